The summed E-state index contributed by atoms with van der Waals surface area (Å²) in [6.45, 7) is 6.57. The molecule has 0 saturated heterocycles. The van der Waals surface area contributed by atoms with Gasteiger partial charge in [0, 0.05) is 19.3 Å². The molecule has 0 aromatic carbocycles. The number of hydrogen-bond donors (Lipinski definition) is 2. The summed E-state index contributed by atoms with van der Waals surface area (Å²) < 4.78 is 5.43. The first kappa shape index (κ1) is 19.5. The van der Waals surface area contributed by atoms with Gasteiger partial charge >= 0.3 is 0 Å². The minimum absolute atomic E-state index is 0. The Bertz CT molecular complexity index is 424. The second-order valence-corrected chi connectivity index (χ2v) is 4.42. The quantitative estimate of drug-likeness (QED) is 0.314. The summed E-state index contributed by atoms with van der Waals surface area (Å²) >= 11 is 11.7. The third-order valence-corrected chi connectivity index (χ3v) is 2.54. The molecule has 1 aromatic rings. The molecule has 1 heterocycles. The maximum Gasteiger partial charge on any atom is 0.232 e. The number of guanidine groups is 1. The summed E-state index contributed by atoms with van der Waals surface area (Å²) in [6, 6.07) is 1.59. The number of aliphatic imine (C=N–C) groups is 1. The molecule has 0 aliphatic rings. The van der Waals surface area contributed by atoms with Crippen molar-refractivity contribution in [3.8, 4) is 5.88 Å². The first-order valence-electron chi connectivity index (χ1n) is 6.13. The molecular weight excluding hydrogens is 414 g/mol. The van der Waals surface area contributed by atoms with Gasteiger partial charge in [-0.1, -0.05) is 23.2 Å². The van der Waals surface area contributed by atoms with Crippen molar-refractivity contribution in [2.24, 2.45) is 4.99 Å². The van der Waals surface area contributed by atoms with Gasteiger partial charge in [0.25, 0.3) is 0 Å². The van der Waals surface area contributed by atoms with E-state index in [9.17, 15) is 0 Å². The highest BCUT2D eigenvalue weighted by Gasteiger charge is 2.03. The lowest BCUT2D eigenvalue weighted by atomic mass is 10.5. The third-order valence-electron chi connectivity index (χ3n) is 2.06. The number of halogens is 3. The molecule has 0 bridgehead atoms. The van der Waals surface area contributed by atoms with E-state index < -0.39 is 0 Å². The van der Waals surface area contributed by atoms with Crippen molar-refractivity contribution >= 4 is 53.1 Å². The van der Waals surface area contributed by atoms with Crippen LogP contribution in [0.25, 0.3) is 0 Å². The molecule has 5 nitrogen and oxygen atoms in total. The van der Waals surface area contributed by atoms with Gasteiger partial charge in [0.1, 0.15) is 11.6 Å². The van der Waals surface area contributed by atoms with E-state index in [1.807, 2.05) is 13.8 Å². The number of ether oxygens (including phenoxy) is 1. The van der Waals surface area contributed by atoms with E-state index in [4.69, 9.17) is 27.9 Å². The topological polar surface area (TPSA) is 58.5 Å². The zero-order valence-electron chi connectivity index (χ0n) is 11.4. The lowest BCUT2D eigenvalue weighted by molar-refractivity contribution is 0.316. The first-order valence-corrected chi connectivity index (χ1v) is 6.89. The summed E-state index contributed by atoms with van der Waals surface area (Å²) in [5, 5.41) is 7.13. The third kappa shape index (κ3) is 7.35. The van der Waals surface area contributed by atoms with Crippen LogP contribution in [0.4, 0.5) is 0 Å². The molecule has 0 radical (unpaired) electrons. The van der Waals surface area contributed by atoms with E-state index >= 15 is 0 Å². The van der Waals surface area contributed by atoms with Crippen LogP contribution in [-0.4, -0.2) is 37.2 Å². The van der Waals surface area contributed by atoms with Gasteiger partial charge in [0.2, 0.25) is 5.88 Å². The minimum Gasteiger partial charge on any atom is -0.475 e. The smallest absolute Gasteiger partial charge is 0.232 e. The predicted octanol–water partition coefficient (Wildman–Crippen LogP) is 2.96. The van der Waals surface area contributed by atoms with E-state index in [-0.39, 0.29) is 24.0 Å². The van der Waals surface area contributed by atoms with Crippen molar-refractivity contribution in [2.75, 3.05) is 26.2 Å². The zero-order chi connectivity index (χ0) is 14.1. The fourth-order valence-electron chi connectivity index (χ4n) is 1.32. The lowest BCUT2D eigenvalue weighted by Gasteiger charge is -2.09. The molecule has 0 saturated carbocycles. The number of rotatable bonds is 6. The van der Waals surface area contributed by atoms with Crippen LogP contribution in [0, 0.1) is 0 Å². The van der Waals surface area contributed by atoms with Gasteiger partial charge < -0.3 is 15.4 Å². The summed E-state index contributed by atoms with van der Waals surface area (Å²) in [5.41, 5.74) is 0. The Morgan fingerprint density at radius 2 is 1.95 bits per heavy atom. The van der Waals surface area contributed by atoms with Crippen LogP contribution in [0.1, 0.15) is 13.8 Å². The van der Waals surface area contributed by atoms with Crippen molar-refractivity contribution in [2.45, 2.75) is 13.8 Å². The number of hydrogen-bond acceptors (Lipinski definition) is 3. The van der Waals surface area contributed by atoms with Gasteiger partial charge in [0.05, 0.1) is 11.6 Å². The highest BCUT2D eigenvalue weighted by molar-refractivity contribution is 14.0. The van der Waals surface area contributed by atoms with Crippen molar-refractivity contribution in [1.82, 2.24) is 15.6 Å². The summed E-state index contributed by atoms with van der Waals surface area (Å²) in [7, 11) is 0. The van der Waals surface area contributed by atoms with Crippen molar-refractivity contribution < 1.29 is 4.74 Å². The van der Waals surface area contributed by atoms with Gasteiger partial charge in [-0.15, -0.1) is 24.0 Å². The number of nitrogens with one attached hydrogen (secondary N) is 2. The average molecular weight is 433 g/mol. The largest absolute Gasteiger partial charge is 0.475 e. The number of aromatic nitrogens is 1. The molecule has 0 amide bonds. The van der Waals surface area contributed by atoms with Gasteiger partial charge in [-0.3, -0.25) is 0 Å². The molecule has 20 heavy (non-hydrogen) atoms. The maximum absolute atomic E-state index is 5.94. The summed E-state index contributed by atoms with van der Waals surface area (Å²) in [6.07, 6.45) is 1.49. The Hall–Kier alpha value is -0.470. The Labute approximate surface area is 146 Å². The van der Waals surface area contributed by atoms with E-state index in [1.54, 1.807) is 6.07 Å². The second-order valence-electron chi connectivity index (χ2n) is 3.58. The zero-order valence-corrected chi connectivity index (χ0v) is 15.3. The lowest BCUT2D eigenvalue weighted by Crippen LogP contribution is -2.37. The Morgan fingerprint density at radius 3 is 2.50 bits per heavy atom. The fourth-order valence-corrected chi connectivity index (χ4v) is 1.75. The van der Waals surface area contributed by atoms with Gasteiger partial charge in [0.15, 0.2) is 5.96 Å². The van der Waals surface area contributed by atoms with Gasteiger partial charge in [-0.2, -0.15) is 0 Å². The predicted molar refractivity (Wildman–Crippen MR) is 94.8 cm³/mol. The van der Waals surface area contributed by atoms with Gasteiger partial charge in [-0.05, 0) is 19.9 Å². The number of pyridine rings is 1. The van der Waals surface area contributed by atoms with Crippen LogP contribution in [0.2, 0.25) is 10.0 Å². The molecule has 0 atom stereocenters. The number of nitrogens with zero attached hydrogens (tertiary/aromatic N) is 2. The fraction of sp³-hybridized carbons (Fsp3) is 0.500. The van der Waals surface area contributed by atoms with Crippen LogP contribution in [0.3, 0.4) is 0 Å². The Balaban J connectivity index is 0.00000361. The van der Waals surface area contributed by atoms with E-state index in [0.717, 1.165) is 19.0 Å². The Morgan fingerprint density at radius 1 is 1.30 bits per heavy atom. The second kappa shape index (κ2) is 11.2. The van der Waals surface area contributed by atoms with Crippen LogP contribution < -0.4 is 15.4 Å². The minimum atomic E-state index is 0. The van der Waals surface area contributed by atoms with E-state index in [0.29, 0.717) is 29.1 Å². The van der Waals surface area contributed by atoms with Crippen molar-refractivity contribution in [3.63, 3.8) is 0 Å². The molecule has 1 aromatic heterocycles. The first-order chi connectivity index (χ1) is 9.17. The standard InChI is InChI=1S/C12H18Cl2N4O.HI/c1-3-15-12(16-4-2)17-5-6-19-11-10(14)7-9(13)8-18-11;/h7-8H,3-6H2,1-2H3,(H2,15,16,17);1H. The van der Waals surface area contributed by atoms with E-state index in [2.05, 4.69) is 20.6 Å². The van der Waals surface area contributed by atoms with Gasteiger partial charge in [-0.25, -0.2) is 9.98 Å². The Kier molecular flexibility index (Phi) is 11.0. The summed E-state index contributed by atoms with van der Waals surface area (Å²) in [5.74, 6) is 1.14. The molecule has 0 unspecified atom stereocenters. The molecule has 0 aliphatic carbocycles. The molecular formula is C12H19Cl2IN4O. The van der Waals surface area contributed by atoms with Crippen LogP contribution in [-0.2, 0) is 0 Å². The average Bonchev–Trinajstić information content (AvgIpc) is 2.37. The molecule has 8 heteroatoms. The molecule has 114 valence electrons. The van der Waals surface area contributed by atoms with E-state index in [1.165, 1.54) is 6.20 Å². The molecule has 0 spiro atoms. The SMILES string of the molecule is CCNC(=NCCOc1ncc(Cl)cc1Cl)NCC.I. The van der Waals surface area contributed by atoms with Crippen molar-refractivity contribution in [3.05, 3.63) is 22.3 Å². The van der Waals surface area contributed by atoms with Crippen LogP contribution >= 0.6 is 47.2 Å². The van der Waals surface area contributed by atoms with Crippen molar-refractivity contribution in [1.29, 1.82) is 0 Å². The summed E-state index contributed by atoms with van der Waals surface area (Å²) in [4.78, 5) is 8.34. The monoisotopic (exact) mass is 432 g/mol. The highest BCUT2D eigenvalue weighted by Crippen LogP contribution is 2.24. The maximum atomic E-state index is 5.94. The molecule has 2 N–H and O–H groups in total. The van der Waals surface area contributed by atoms with Crippen LogP contribution in [0.5, 0.6) is 5.88 Å². The molecule has 0 fully saturated rings. The van der Waals surface area contributed by atoms with Crippen LogP contribution in [0.15, 0.2) is 17.3 Å². The molecule has 0 aliphatic heterocycles. The molecule has 1 rings (SSSR count). The normalized spacial score (nSPS) is 9.40. The highest BCUT2D eigenvalue weighted by atomic mass is 127.